The van der Waals surface area contributed by atoms with Gasteiger partial charge in [-0.3, -0.25) is 0 Å². The van der Waals surface area contributed by atoms with Crippen molar-refractivity contribution >= 4 is 5.97 Å². The Labute approximate surface area is 101 Å². The predicted octanol–water partition coefficient (Wildman–Crippen LogP) is 2.44. The van der Waals surface area contributed by atoms with Gasteiger partial charge in [0.15, 0.2) is 0 Å². The molecule has 0 heterocycles. The summed E-state index contributed by atoms with van der Waals surface area (Å²) in [6.07, 6.45) is 1.82. The summed E-state index contributed by atoms with van der Waals surface area (Å²) >= 11 is 0. The van der Waals surface area contributed by atoms with Crippen LogP contribution in [0.1, 0.15) is 29.3 Å². The van der Waals surface area contributed by atoms with Crippen LogP contribution in [0, 0.1) is 0 Å². The number of hydrogen-bond acceptors (Lipinski definition) is 4. The Morgan fingerprint density at radius 3 is 2.00 bits per heavy atom. The van der Waals surface area contributed by atoms with Crippen molar-refractivity contribution in [1.82, 2.24) is 0 Å². The normalized spacial score (nSPS) is 9.88. The maximum absolute atomic E-state index is 11.5. The molecule has 0 spiro atoms. The second-order valence-electron chi connectivity index (χ2n) is 3.60. The lowest BCUT2D eigenvalue weighted by molar-refractivity contribution is 0.0600. The summed E-state index contributed by atoms with van der Waals surface area (Å²) < 4.78 is 15.3. The average molecular weight is 238 g/mol. The molecule has 1 rings (SSSR count). The van der Waals surface area contributed by atoms with E-state index in [1.54, 1.807) is 26.4 Å². The summed E-state index contributed by atoms with van der Waals surface area (Å²) in [6, 6.07) is 3.36. The molecule has 0 unspecified atom stereocenters. The maximum atomic E-state index is 11.5. The number of methoxy groups -OCH3 is 3. The molecule has 0 aliphatic rings. The zero-order valence-electron chi connectivity index (χ0n) is 10.7. The maximum Gasteiger partial charge on any atom is 0.338 e. The molecule has 0 saturated carbocycles. The first-order valence-corrected chi connectivity index (χ1v) is 5.51. The molecule has 0 amide bonds. The summed E-state index contributed by atoms with van der Waals surface area (Å²) in [7, 11) is 4.51. The van der Waals surface area contributed by atoms with Crippen molar-refractivity contribution in [2.75, 3.05) is 21.3 Å². The highest BCUT2D eigenvalue weighted by Gasteiger charge is 2.15. The highest BCUT2D eigenvalue weighted by Crippen LogP contribution is 2.31. The fraction of sp³-hybridized carbons (Fsp3) is 0.462. The monoisotopic (exact) mass is 238 g/mol. The number of rotatable bonds is 5. The van der Waals surface area contributed by atoms with E-state index in [0.29, 0.717) is 17.1 Å². The minimum Gasteiger partial charge on any atom is -0.496 e. The van der Waals surface area contributed by atoms with E-state index in [0.717, 1.165) is 18.4 Å². The lowest BCUT2D eigenvalue weighted by Gasteiger charge is -2.14. The number of esters is 1. The Morgan fingerprint density at radius 2 is 1.65 bits per heavy atom. The molecule has 0 N–H and O–H groups in total. The Balaban J connectivity index is 3.28. The van der Waals surface area contributed by atoms with Crippen LogP contribution in [0.25, 0.3) is 0 Å². The van der Waals surface area contributed by atoms with Crippen molar-refractivity contribution < 1.29 is 19.0 Å². The second-order valence-corrected chi connectivity index (χ2v) is 3.60. The van der Waals surface area contributed by atoms with Gasteiger partial charge in [-0.05, 0) is 18.6 Å². The van der Waals surface area contributed by atoms with Crippen molar-refractivity contribution in [3.05, 3.63) is 23.3 Å². The van der Waals surface area contributed by atoms with Gasteiger partial charge in [0.25, 0.3) is 0 Å². The standard InChI is InChI=1S/C13H18O4/c1-5-6-10-11(15-2)7-9(13(14)17-4)8-12(10)16-3/h7-8H,5-6H2,1-4H3. The molecule has 1 aromatic rings. The van der Waals surface area contributed by atoms with E-state index in [2.05, 4.69) is 11.7 Å². The summed E-state index contributed by atoms with van der Waals surface area (Å²) in [5, 5.41) is 0. The fourth-order valence-electron chi connectivity index (χ4n) is 1.72. The summed E-state index contributed by atoms with van der Waals surface area (Å²) in [4.78, 5) is 11.5. The Morgan fingerprint density at radius 1 is 1.12 bits per heavy atom. The molecule has 0 fully saturated rings. The minimum absolute atomic E-state index is 0.398. The Bertz CT molecular complexity index is 373. The van der Waals surface area contributed by atoms with E-state index in [4.69, 9.17) is 9.47 Å². The van der Waals surface area contributed by atoms with Crippen LogP contribution in [0.2, 0.25) is 0 Å². The Hall–Kier alpha value is -1.71. The van der Waals surface area contributed by atoms with E-state index in [1.165, 1.54) is 7.11 Å². The molecular weight excluding hydrogens is 220 g/mol. The van der Waals surface area contributed by atoms with Gasteiger partial charge in [0.1, 0.15) is 11.5 Å². The van der Waals surface area contributed by atoms with Crippen LogP contribution in [0.5, 0.6) is 11.5 Å². The van der Waals surface area contributed by atoms with Crippen LogP contribution in [0.3, 0.4) is 0 Å². The third-order valence-corrected chi connectivity index (χ3v) is 2.53. The molecule has 4 nitrogen and oxygen atoms in total. The molecule has 94 valence electrons. The highest BCUT2D eigenvalue weighted by atomic mass is 16.5. The van der Waals surface area contributed by atoms with Crippen molar-refractivity contribution in [3.8, 4) is 11.5 Å². The van der Waals surface area contributed by atoms with Crippen LogP contribution in [0.15, 0.2) is 12.1 Å². The molecule has 0 atom stereocenters. The molecule has 0 saturated heterocycles. The van der Waals surface area contributed by atoms with Crippen molar-refractivity contribution in [2.24, 2.45) is 0 Å². The van der Waals surface area contributed by atoms with Crippen LogP contribution in [-0.2, 0) is 11.2 Å². The molecular formula is C13H18O4. The minimum atomic E-state index is -0.398. The van der Waals surface area contributed by atoms with Crippen molar-refractivity contribution in [1.29, 1.82) is 0 Å². The summed E-state index contributed by atoms with van der Waals surface area (Å²) in [5.74, 6) is 0.919. The van der Waals surface area contributed by atoms with Gasteiger partial charge >= 0.3 is 5.97 Å². The van der Waals surface area contributed by atoms with Gasteiger partial charge in [-0.1, -0.05) is 13.3 Å². The summed E-state index contributed by atoms with van der Waals surface area (Å²) in [5.41, 5.74) is 1.41. The molecule has 0 radical (unpaired) electrons. The van der Waals surface area contributed by atoms with Gasteiger partial charge in [0, 0.05) is 5.56 Å². The molecule has 4 heteroatoms. The van der Waals surface area contributed by atoms with Gasteiger partial charge in [0.2, 0.25) is 0 Å². The predicted molar refractivity (Wildman–Crippen MR) is 64.9 cm³/mol. The quantitative estimate of drug-likeness (QED) is 0.739. The molecule has 17 heavy (non-hydrogen) atoms. The smallest absolute Gasteiger partial charge is 0.338 e. The molecule has 0 bridgehead atoms. The topological polar surface area (TPSA) is 44.8 Å². The Kier molecular flexibility index (Phi) is 4.82. The first-order valence-electron chi connectivity index (χ1n) is 5.51. The SMILES string of the molecule is CCCc1c(OC)cc(C(=O)OC)cc1OC. The van der Waals surface area contributed by atoms with Crippen LogP contribution in [0.4, 0.5) is 0 Å². The zero-order chi connectivity index (χ0) is 12.8. The third kappa shape index (κ3) is 2.90. The highest BCUT2D eigenvalue weighted by molar-refractivity contribution is 5.90. The van der Waals surface area contributed by atoms with E-state index < -0.39 is 5.97 Å². The largest absolute Gasteiger partial charge is 0.496 e. The lowest BCUT2D eigenvalue weighted by Crippen LogP contribution is -2.05. The fourth-order valence-corrected chi connectivity index (χ4v) is 1.72. The molecule has 0 aliphatic carbocycles. The first-order chi connectivity index (χ1) is 8.17. The van der Waals surface area contributed by atoms with Gasteiger partial charge in [-0.25, -0.2) is 4.79 Å². The van der Waals surface area contributed by atoms with E-state index in [-0.39, 0.29) is 0 Å². The van der Waals surface area contributed by atoms with Crippen LogP contribution in [-0.4, -0.2) is 27.3 Å². The van der Waals surface area contributed by atoms with Crippen molar-refractivity contribution in [3.63, 3.8) is 0 Å². The first kappa shape index (κ1) is 13.4. The van der Waals surface area contributed by atoms with Gasteiger partial charge < -0.3 is 14.2 Å². The lowest BCUT2D eigenvalue weighted by atomic mass is 10.0. The number of carbonyl (C=O) groups excluding carboxylic acids is 1. The number of carbonyl (C=O) groups is 1. The van der Waals surface area contributed by atoms with Crippen molar-refractivity contribution in [2.45, 2.75) is 19.8 Å². The third-order valence-electron chi connectivity index (χ3n) is 2.53. The van der Waals surface area contributed by atoms with E-state index in [9.17, 15) is 4.79 Å². The van der Waals surface area contributed by atoms with Crippen LogP contribution >= 0.6 is 0 Å². The molecule has 0 aromatic heterocycles. The van der Waals surface area contributed by atoms with E-state index >= 15 is 0 Å². The number of hydrogen-bond donors (Lipinski definition) is 0. The van der Waals surface area contributed by atoms with Crippen LogP contribution < -0.4 is 9.47 Å². The van der Waals surface area contributed by atoms with Gasteiger partial charge in [-0.15, -0.1) is 0 Å². The average Bonchev–Trinajstić information content (AvgIpc) is 2.38. The second kappa shape index (κ2) is 6.13. The van der Waals surface area contributed by atoms with Gasteiger partial charge in [0.05, 0.1) is 26.9 Å². The van der Waals surface area contributed by atoms with Gasteiger partial charge in [-0.2, -0.15) is 0 Å². The molecule has 1 aromatic carbocycles. The number of ether oxygens (including phenoxy) is 3. The van der Waals surface area contributed by atoms with E-state index in [1.807, 2.05) is 0 Å². The number of benzene rings is 1. The summed E-state index contributed by atoms with van der Waals surface area (Å²) in [6.45, 7) is 2.08. The molecule has 0 aliphatic heterocycles. The zero-order valence-corrected chi connectivity index (χ0v) is 10.7.